The molecule has 1 heterocycles. The fourth-order valence-electron chi connectivity index (χ4n) is 1.31. The Morgan fingerprint density at radius 3 is 2.54 bits per heavy atom. The molecule has 0 amide bonds. The summed E-state index contributed by atoms with van der Waals surface area (Å²) in [4.78, 5) is 15.3. The molecule has 0 fully saturated rings. The summed E-state index contributed by atoms with van der Waals surface area (Å²) in [5.41, 5.74) is 0.879. The van der Waals surface area contributed by atoms with Crippen molar-refractivity contribution in [1.82, 2.24) is 0 Å². The van der Waals surface area contributed by atoms with Gasteiger partial charge in [-0.25, -0.2) is 9.79 Å². The number of cyclic esters (lactones) is 1. The summed E-state index contributed by atoms with van der Waals surface area (Å²) in [5.74, 6) is 0.155. The third-order valence-corrected chi connectivity index (χ3v) is 1.90. The molecule has 2 rings (SSSR count). The van der Waals surface area contributed by atoms with Crippen molar-refractivity contribution < 1.29 is 9.53 Å². The molecule has 1 aromatic carbocycles. The lowest BCUT2D eigenvalue weighted by molar-refractivity contribution is -0.135. The quantitative estimate of drug-likeness (QED) is 0.609. The zero-order chi connectivity index (χ0) is 9.26. The average molecular weight is 175 g/mol. The number of aliphatic imine (C=N–C) groups is 1. The van der Waals surface area contributed by atoms with Gasteiger partial charge in [0.1, 0.15) is 0 Å². The van der Waals surface area contributed by atoms with E-state index in [2.05, 4.69) is 4.99 Å². The Kier molecular flexibility index (Phi) is 1.85. The van der Waals surface area contributed by atoms with Crippen LogP contribution < -0.4 is 0 Å². The third kappa shape index (κ3) is 1.45. The van der Waals surface area contributed by atoms with Crippen molar-refractivity contribution in [1.29, 1.82) is 0 Å². The lowest BCUT2D eigenvalue weighted by Crippen LogP contribution is -2.06. The van der Waals surface area contributed by atoms with Gasteiger partial charge in [-0.3, -0.25) is 0 Å². The Hall–Kier alpha value is -1.64. The molecule has 1 atom stereocenters. The van der Waals surface area contributed by atoms with Gasteiger partial charge in [-0.05, 0) is 5.56 Å². The van der Waals surface area contributed by atoms with Crippen molar-refractivity contribution in [2.45, 2.75) is 13.0 Å². The lowest BCUT2D eigenvalue weighted by Gasteiger charge is -2.01. The standard InChI is InChI=1S/C10H9NO2/c1-7-11-9(10(12)13-7)8-5-3-2-4-6-8/h2-6,9H,1H3/t9-/m0/s1. The summed E-state index contributed by atoms with van der Waals surface area (Å²) in [6.07, 6.45) is 0. The van der Waals surface area contributed by atoms with Crippen LogP contribution in [0, 0.1) is 0 Å². The maximum Gasteiger partial charge on any atom is 0.342 e. The summed E-state index contributed by atoms with van der Waals surface area (Å²) in [6, 6.07) is 8.95. The highest BCUT2D eigenvalue weighted by atomic mass is 16.6. The number of hydrogen-bond acceptors (Lipinski definition) is 3. The van der Waals surface area contributed by atoms with Gasteiger partial charge in [0, 0.05) is 6.92 Å². The number of carbonyl (C=O) groups excluding carboxylic acids is 1. The molecule has 0 N–H and O–H groups in total. The molecule has 13 heavy (non-hydrogen) atoms. The van der Waals surface area contributed by atoms with E-state index in [1.165, 1.54) is 0 Å². The summed E-state index contributed by atoms with van der Waals surface area (Å²) in [6.45, 7) is 1.68. The molecule has 1 aliphatic rings. The first-order valence-corrected chi connectivity index (χ1v) is 4.08. The summed E-state index contributed by atoms with van der Waals surface area (Å²) in [7, 11) is 0. The van der Waals surface area contributed by atoms with Gasteiger partial charge < -0.3 is 4.74 Å². The molecular weight excluding hydrogens is 166 g/mol. The molecule has 3 heteroatoms. The molecule has 0 spiro atoms. The van der Waals surface area contributed by atoms with Crippen LogP contribution in [0.5, 0.6) is 0 Å². The van der Waals surface area contributed by atoms with Crippen LogP contribution in [-0.4, -0.2) is 11.9 Å². The van der Waals surface area contributed by atoms with Crippen molar-refractivity contribution in [3.8, 4) is 0 Å². The summed E-state index contributed by atoms with van der Waals surface area (Å²) < 4.78 is 4.84. The van der Waals surface area contributed by atoms with E-state index < -0.39 is 6.04 Å². The topological polar surface area (TPSA) is 38.7 Å². The van der Waals surface area contributed by atoms with Crippen LogP contribution in [0.25, 0.3) is 0 Å². The van der Waals surface area contributed by atoms with E-state index in [9.17, 15) is 4.79 Å². The van der Waals surface area contributed by atoms with E-state index in [0.29, 0.717) is 5.90 Å². The Morgan fingerprint density at radius 2 is 2.00 bits per heavy atom. The molecule has 0 saturated carbocycles. The van der Waals surface area contributed by atoms with E-state index in [0.717, 1.165) is 5.56 Å². The zero-order valence-corrected chi connectivity index (χ0v) is 7.23. The van der Waals surface area contributed by atoms with Crippen molar-refractivity contribution in [3.63, 3.8) is 0 Å². The highest BCUT2D eigenvalue weighted by molar-refractivity contribution is 5.96. The minimum atomic E-state index is -0.457. The number of benzene rings is 1. The molecule has 0 aromatic heterocycles. The molecule has 0 radical (unpaired) electrons. The number of hydrogen-bond donors (Lipinski definition) is 0. The second-order valence-electron chi connectivity index (χ2n) is 2.88. The maximum atomic E-state index is 11.2. The number of nitrogens with zero attached hydrogens (tertiary/aromatic N) is 1. The van der Waals surface area contributed by atoms with Gasteiger partial charge in [0.25, 0.3) is 0 Å². The largest absolute Gasteiger partial charge is 0.410 e. The molecule has 3 nitrogen and oxygen atoms in total. The number of esters is 1. The maximum absolute atomic E-state index is 11.2. The predicted molar refractivity (Wildman–Crippen MR) is 48.4 cm³/mol. The second kappa shape index (κ2) is 3.01. The van der Waals surface area contributed by atoms with Crippen molar-refractivity contribution in [2.75, 3.05) is 0 Å². The van der Waals surface area contributed by atoms with Crippen LogP contribution in [0.1, 0.15) is 18.5 Å². The molecule has 0 aliphatic carbocycles. The monoisotopic (exact) mass is 175 g/mol. The highest BCUT2D eigenvalue weighted by Gasteiger charge is 2.27. The molecule has 0 bridgehead atoms. The van der Waals surface area contributed by atoms with Crippen LogP contribution in [0.15, 0.2) is 35.3 Å². The second-order valence-corrected chi connectivity index (χ2v) is 2.88. The Morgan fingerprint density at radius 1 is 1.31 bits per heavy atom. The molecule has 66 valence electrons. The van der Waals surface area contributed by atoms with E-state index in [-0.39, 0.29) is 5.97 Å². The van der Waals surface area contributed by atoms with Gasteiger partial charge in [0.15, 0.2) is 11.9 Å². The summed E-state index contributed by atoms with van der Waals surface area (Å²) in [5, 5.41) is 0. The van der Waals surface area contributed by atoms with Gasteiger partial charge in [-0.15, -0.1) is 0 Å². The van der Waals surface area contributed by atoms with Gasteiger partial charge in [-0.1, -0.05) is 30.3 Å². The van der Waals surface area contributed by atoms with Crippen molar-refractivity contribution in [2.24, 2.45) is 4.99 Å². The lowest BCUT2D eigenvalue weighted by atomic mass is 10.1. The number of rotatable bonds is 1. The fourth-order valence-corrected chi connectivity index (χ4v) is 1.31. The molecule has 0 saturated heterocycles. The summed E-state index contributed by atoms with van der Waals surface area (Å²) >= 11 is 0. The molecule has 1 aliphatic heterocycles. The SMILES string of the molecule is CC1=N[C@@H](c2ccccc2)C(=O)O1. The third-order valence-electron chi connectivity index (χ3n) is 1.90. The van der Waals surface area contributed by atoms with Crippen LogP contribution in [0.4, 0.5) is 0 Å². The Labute approximate surface area is 76.1 Å². The Bertz CT molecular complexity index is 356. The zero-order valence-electron chi connectivity index (χ0n) is 7.23. The predicted octanol–water partition coefficient (Wildman–Crippen LogP) is 1.70. The highest BCUT2D eigenvalue weighted by Crippen LogP contribution is 2.23. The fraction of sp³-hybridized carbons (Fsp3) is 0.200. The van der Waals surface area contributed by atoms with Crippen molar-refractivity contribution >= 4 is 11.9 Å². The normalized spacial score (nSPS) is 21.2. The van der Waals surface area contributed by atoms with E-state index in [4.69, 9.17) is 4.74 Å². The smallest absolute Gasteiger partial charge is 0.342 e. The van der Waals surface area contributed by atoms with Crippen LogP contribution in [-0.2, 0) is 9.53 Å². The minimum absolute atomic E-state index is 0.288. The first-order chi connectivity index (χ1) is 6.27. The van der Waals surface area contributed by atoms with E-state index >= 15 is 0 Å². The molecular formula is C10H9NO2. The Balaban J connectivity index is 2.33. The van der Waals surface area contributed by atoms with E-state index in [1.54, 1.807) is 6.92 Å². The van der Waals surface area contributed by atoms with Crippen LogP contribution in [0.3, 0.4) is 0 Å². The van der Waals surface area contributed by atoms with Gasteiger partial charge in [0.2, 0.25) is 0 Å². The van der Waals surface area contributed by atoms with Crippen LogP contribution in [0.2, 0.25) is 0 Å². The molecule has 1 aromatic rings. The minimum Gasteiger partial charge on any atom is -0.410 e. The molecule has 0 unspecified atom stereocenters. The van der Waals surface area contributed by atoms with Gasteiger partial charge >= 0.3 is 5.97 Å². The van der Waals surface area contributed by atoms with Gasteiger partial charge in [0.05, 0.1) is 0 Å². The average Bonchev–Trinajstić information content (AvgIpc) is 2.47. The number of carbonyl (C=O) groups is 1. The number of ether oxygens (including phenoxy) is 1. The first-order valence-electron chi connectivity index (χ1n) is 4.08. The van der Waals surface area contributed by atoms with Crippen molar-refractivity contribution in [3.05, 3.63) is 35.9 Å². The van der Waals surface area contributed by atoms with Crippen LogP contribution >= 0.6 is 0 Å². The van der Waals surface area contributed by atoms with Gasteiger partial charge in [-0.2, -0.15) is 0 Å². The first kappa shape index (κ1) is 7.98. The van der Waals surface area contributed by atoms with E-state index in [1.807, 2.05) is 30.3 Å².